The number of fused-ring (bicyclic) bond motifs is 1. The zero-order chi connectivity index (χ0) is 20.1. The number of H-pyrrole nitrogens is 1. The van der Waals surface area contributed by atoms with Crippen LogP contribution in [0.1, 0.15) is 28.5 Å². The first-order valence-corrected chi connectivity index (χ1v) is 9.76. The summed E-state index contributed by atoms with van der Waals surface area (Å²) in [5.41, 5.74) is 4.65. The van der Waals surface area contributed by atoms with Crippen molar-refractivity contribution < 1.29 is 4.79 Å². The van der Waals surface area contributed by atoms with Crippen LogP contribution in [0.4, 0.5) is 11.5 Å². The molecular formula is C23H23N5O. The molecule has 2 aromatic heterocycles. The molecule has 2 aromatic carbocycles. The topological polar surface area (TPSA) is 82.7 Å². The maximum absolute atomic E-state index is 12.3. The predicted octanol–water partition coefficient (Wildman–Crippen LogP) is 4.43. The van der Waals surface area contributed by atoms with E-state index >= 15 is 0 Å². The molecule has 4 rings (SSSR count). The first kappa shape index (κ1) is 18.7. The fourth-order valence-corrected chi connectivity index (χ4v) is 3.23. The Morgan fingerprint density at radius 2 is 1.83 bits per heavy atom. The number of hydrogen-bond acceptors (Lipinski definition) is 4. The highest BCUT2D eigenvalue weighted by Crippen LogP contribution is 2.18. The first-order chi connectivity index (χ1) is 14.2. The van der Waals surface area contributed by atoms with E-state index < -0.39 is 0 Å². The van der Waals surface area contributed by atoms with Gasteiger partial charge in [0.25, 0.3) is 5.91 Å². The number of carbonyl (C=O) groups is 1. The summed E-state index contributed by atoms with van der Waals surface area (Å²) in [4.78, 5) is 15.6. The number of aromatic nitrogens is 3. The third-order valence-corrected chi connectivity index (χ3v) is 4.89. The van der Waals surface area contributed by atoms with Gasteiger partial charge in [-0.25, -0.2) is 0 Å². The normalized spacial score (nSPS) is 10.8. The van der Waals surface area contributed by atoms with Crippen LogP contribution < -0.4 is 10.6 Å². The maximum Gasteiger partial charge on any atom is 0.276 e. The highest BCUT2D eigenvalue weighted by atomic mass is 16.1. The molecule has 4 aromatic rings. The van der Waals surface area contributed by atoms with Gasteiger partial charge in [-0.15, -0.1) is 10.2 Å². The molecule has 0 radical (unpaired) electrons. The summed E-state index contributed by atoms with van der Waals surface area (Å²) < 4.78 is 0. The van der Waals surface area contributed by atoms with Gasteiger partial charge in [-0.05, 0) is 54.3 Å². The molecule has 0 saturated heterocycles. The van der Waals surface area contributed by atoms with Crippen molar-refractivity contribution in [2.45, 2.75) is 19.8 Å². The lowest BCUT2D eigenvalue weighted by atomic mass is 10.1. The molecule has 0 saturated carbocycles. The molecular weight excluding hydrogens is 362 g/mol. The zero-order valence-corrected chi connectivity index (χ0v) is 16.3. The van der Waals surface area contributed by atoms with Gasteiger partial charge < -0.3 is 15.6 Å². The van der Waals surface area contributed by atoms with Crippen LogP contribution in [0.15, 0.2) is 66.9 Å². The second-order valence-corrected chi connectivity index (χ2v) is 6.84. The van der Waals surface area contributed by atoms with E-state index in [1.165, 1.54) is 16.5 Å². The number of anilines is 2. The van der Waals surface area contributed by atoms with Crippen LogP contribution in [-0.4, -0.2) is 27.6 Å². The smallest absolute Gasteiger partial charge is 0.276 e. The van der Waals surface area contributed by atoms with Gasteiger partial charge in [-0.2, -0.15) is 0 Å². The minimum Gasteiger partial charge on any atom is -0.368 e. The van der Waals surface area contributed by atoms with E-state index in [0.717, 1.165) is 30.6 Å². The minimum absolute atomic E-state index is 0.271. The summed E-state index contributed by atoms with van der Waals surface area (Å²) in [7, 11) is 0. The van der Waals surface area contributed by atoms with Gasteiger partial charge in [0.2, 0.25) is 0 Å². The van der Waals surface area contributed by atoms with Crippen molar-refractivity contribution >= 4 is 28.3 Å². The number of nitrogens with zero attached hydrogens (tertiary/aromatic N) is 2. The number of aromatic amines is 1. The van der Waals surface area contributed by atoms with Crippen molar-refractivity contribution in [1.29, 1.82) is 0 Å². The zero-order valence-electron chi connectivity index (χ0n) is 16.3. The molecule has 0 aliphatic rings. The van der Waals surface area contributed by atoms with Crippen LogP contribution in [0.3, 0.4) is 0 Å². The maximum atomic E-state index is 12.3. The number of benzene rings is 2. The van der Waals surface area contributed by atoms with Gasteiger partial charge in [0.1, 0.15) is 5.82 Å². The van der Waals surface area contributed by atoms with Gasteiger partial charge in [0, 0.05) is 29.3 Å². The molecule has 0 fully saturated rings. The number of amides is 1. The van der Waals surface area contributed by atoms with Crippen LogP contribution in [0, 0.1) is 0 Å². The van der Waals surface area contributed by atoms with Crippen LogP contribution >= 0.6 is 0 Å². The number of carbonyl (C=O) groups excluding carboxylic acids is 1. The van der Waals surface area contributed by atoms with Crippen molar-refractivity contribution in [2.75, 3.05) is 17.2 Å². The van der Waals surface area contributed by atoms with Crippen molar-refractivity contribution in [2.24, 2.45) is 0 Å². The van der Waals surface area contributed by atoms with Crippen LogP contribution in [-0.2, 0) is 12.8 Å². The number of para-hydroxylation sites is 1. The average molecular weight is 385 g/mol. The molecule has 29 heavy (non-hydrogen) atoms. The van der Waals surface area contributed by atoms with E-state index in [-0.39, 0.29) is 11.6 Å². The second kappa shape index (κ2) is 8.56. The Labute approximate surface area is 169 Å². The van der Waals surface area contributed by atoms with Crippen LogP contribution in [0.5, 0.6) is 0 Å². The van der Waals surface area contributed by atoms with E-state index in [0.29, 0.717) is 5.82 Å². The number of hydrogen-bond donors (Lipinski definition) is 3. The van der Waals surface area contributed by atoms with Crippen molar-refractivity contribution in [3.63, 3.8) is 0 Å². The molecule has 0 unspecified atom stereocenters. The SMILES string of the molecule is CCc1ccc(NC(=O)c2ccc(NCCc3c[nH]c4ccccc34)nn2)cc1. The minimum atomic E-state index is -0.271. The lowest BCUT2D eigenvalue weighted by Crippen LogP contribution is -2.15. The molecule has 1 amide bonds. The van der Waals surface area contributed by atoms with Gasteiger partial charge in [-0.1, -0.05) is 37.3 Å². The first-order valence-electron chi connectivity index (χ1n) is 9.76. The summed E-state index contributed by atoms with van der Waals surface area (Å²) in [6.07, 6.45) is 3.87. The molecule has 0 aliphatic heterocycles. The molecule has 3 N–H and O–H groups in total. The Balaban J connectivity index is 1.32. The fraction of sp³-hybridized carbons (Fsp3) is 0.174. The second-order valence-electron chi connectivity index (χ2n) is 6.84. The summed E-state index contributed by atoms with van der Waals surface area (Å²) in [6.45, 7) is 2.82. The molecule has 146 valence electrons. The summed E-state index contributed by atoms with van der Waals surface area (Å²) in [5, 5.41) is 15.5. The molecule has 6 nitrogen and oxygen atoms in total. The Hall–Kier alpha value is -3.67. The molecule has 6 heteroatoms. The number of nitrogens with one attached hydrogen (secondary N) is 3. The van der Waals surface area contributed by atoms with Crippen LogP contribution in [0.25, 0.3) is 10.9 Å². The largest absolute Gasteiger partial charge is 0.368 e. The lowest BCUT2D eigenvalue weighted by molar-refractivity contribution is 0.102. The highest BCUT2D eigenvalue weighted by molar-refractivity contribution is 6.02. The van der Waals surface area contributed by atoms with E-state index in [1.54, 1.807) is 12.1 Å². The third-order valence-electron chi connectivity index (χ3n) is 4.89. The quantitative estimate of drug-likeness (QED) is 0.440. The van der Waals surface area contributed by atoms with Gasteiger partial charge in [-0.3, -0.25) is 4.79 Å². The van der Waals surface area contributed by atoms with E-state index in [9.17, 15) is 4.79 Å². The third kappa shape index (κ3) is 4.43. The summed E-state index contributed by atoms with van der Waals surface area (Å²) >= 11 is 0. The number of rotatable bonds is 7. The van der Waals surface area contributed by atoms with Crippen LogP contribution in [0.2, 0.25) is 0 Å². The van der Waals surface area contributed by atoms with E-state index in [1.807, 2.05) is 42.6 Å². The highest BCUT2D eigenvalue weighted by Gasteiger charge is 2.09. The molecule has 0 spiro atoms. The predicted molar refractivity (Wildman–Crippen MR) is 116 cm³/mol. The molecule has 2 heterocycles. The van der Waals surface area contributed by atoms with Crippen molar-refractivity contribution in [3.8, 4) is 0 Å². The fourth-order valence-electron chi connectivity index (χ4n) is 3.23. The Morgan fingerprint density at radius 1 is 1.00 bits per heavy atom. The lowest BCUT2D eigenvalue weighted by Gasteiger charge is -2.07. The molecule has 0 atom stereocenters. The molecule has 0 aliphatic carbocycles. The standard InChI is InChI=1S/C23H23N5O/c1-2-16-7-9-18(10-8-16)26-23(29)21-11-12-22(28-27-21)24-14-13-17-15-25-20-6-4-3-5-19(17)20/h3-12,15,25H,2,13-14H2,1H3,(H,24,28)(H,26,29). The van der Waals surface area contributed by atoms with Gasteiger partial charge >= 0.3 is 0 Å². The van der Waals surface area contributed by atoms with Gasteiger partial charge in [0.15, 0.2) is 5.69 Å². The van der Waals surface area contributed by atoms with Crippen molar-refractivity contribution in [3.05, 3.63) is 83.7 Å². The Kier molecular flexibility index (Phi) is 5.52. The average Bonchev–Trinajstić information content (AvgIpc) is 3.18. The van der Waals surface area contributed by atoms with E-state index in [4.69, 9.17) is 0 Å². The Bertz CT molecular complexity index is 1100. The number of aryl methyl sites for hydroxylation is 1. The molecule has 0 bridgehead atoms. The summed E-state index contributed by atoms with van der Waals surface area (Å²) in [5.74, 6) is 0.376. The van der Waals surface area contributed by atoms with E-state index in [2.05, 4.69) is 44.9 Å². The van der Waals surface area contributed by atoms with Gasteiger partial charge in [0.05, 0.1) is 0 Å². The monoisotopic (exact) mass is 385 g/mol. The summed E-state index contributed by atoms with van der Waals surface area (Å²) in [6, 6.07) is 19.5. The Morgan fingerprint density at radius 3 is 2.59 bits per heavy atom. The van der Waals surface area contributed by atoms with Crippen molar-refractivity contribution in [1.82, 2.24) is 15.2 Å².